The molecule has 0 aliphatic carbocycles. The molecule has 1 atom stereocenters. The number of rotatable bonds is 5. The molecule has 0 aromatic carbocycles. The Balaban J connectivity index is 2.11. The Bertz CT molecular complexity index is 428. The Morgan fingerprint density at radius 1 is 1.40 bits per heavy atom. The average molecular weight is 278 g/mol. The van der Waals surface area contributed by atoms with Crippen LogP contribution in [0, 0.1) is 0 Å². The Hall–Kier alpha value is -1.13. The minimum Gasteiger partial charge on any atom is -0.392 e. The van der Waals surface area contributed by atoms with Gasteiger partial charge in [-0.2, -0.15) is 0 Å². The summed E-state index contributed by atoms with van der Waals surface area (Å²) in [5.74, 6) is 1.29. The second-order valence-corrected chi connectivity index (χ2v) is 5.94. The number of hydrogen-bond acceptors (Lipinski definition) is 4. The van der Waals surface area contributed by atoms with Gasteiger partial charge >= 0.3 is 0 Å². The summed E-state index contributed by atoms with van der Waals surface area (Å²) in [6.45, 7) is 6.04. The zero-order valence-corrected chi connectivity index (χ0v) is 12.8. The number of likely N-dealkylation sites (N-methyl/N-ethyl adjacent to an activating group) is 1. The highest BCUT2D eigenvalue weighted by Gasteiger charge is 2.17. The van der Waals surface area contributed by atoms with Gasteiger partial charge in [-0.1, -0.05) is 13.8 Å². The van der Waals surface area contributed by atoms with Crippen molar-refractivity contribution >= 4 is 5.82 Å². The maximum atomic E-state index is 9.40. The maximum absolute atomic E-state index is 9.40. The van der Waals surface area contributed by atoms with Gasteiger partial charge in [0.1, 0.15) is 5.82 Å². The van der Waals surface area contributed by atoms with Crippen LogP contribution in [0.1, 0.15) is 50.3 Å². The Morgan fingerprint density at radius 2 is 2.20 bits per heavy atom. The molecule has 1 aromatic heterocycles. The number of hydrogen-bond donors (Lipinski definition) is 1. The number of pyridine rings is 1. The molecule has 0 bridgehead atoms. The summed E-state index contributed by atoms with van der Waals surface area (Å²) < 4.78 is 5.79. The van der Waals surface area contributed by atoms with Gasteiger partial charge in [-0.25, -0.2) is 4.98 Å². The molecule has 112 valence electrons. The van der Waals surface area contributed by atoms with E-state index in [0.717, 1.165) is 36.6 Å². The molecule has 1 unspecified atom stereocenters. The molecule has 1 saturated heterocycles. The van der Waals surface area contributed by atoms with Crippen molar-refractivity contribution < 1.29 is 9.84 Å². The van der Waals surface area contributed by atoms with E-state index in [-0.39, 0.29) is 6.61 Å². The monoisotopic (exact) mass is 278 g/mol. The van der Waals surface area contributed by atoms with Crippen LogP contribution in [0.5, 0.6) is 0 Å². The third-order valence-corrected chi connectivity index (χ3v) is 3.81. The average Bonchev–Trinajstić information content (AvgIpc) is 2.47. The first-order valence-electron chi connectivity index (χ1n) is 7.54. The molecule has 1 aromatic rings. The van der Waals surface area contributed by atoms with E-state index in [9.17, 15) is 5.11 Å². The predicted molar refractivity (Wildman–Crippen MR) is 81.1 cm³/mol. The summed E-state index contributed by atoms with van der Waals surface area (Å²) in [5, 5.41) is 9.40. The van der Waals surface area contributed by atoms with Gasteiger partial charge in [-0.15, -0.1) is 0 Å². The second-order valence-electron chi connectivity index (χ2n) is 5.94. The van der Waals surface area contributed by atoms with Crippen LogP contribution in [0.3, 0.4) is 0 Å². The largest absolute Gasteiger partial charge is 0.392 e. The van der Waals surface area contributed by atoms with Crippen LogP contribution in [0.25, 0.3) is 0 Å². The predicted octanol–water partition coefficient (Wildman–Crippen LogP) is 2.70. The topological polar surface area (TPSA) is 45.6 Å². The van der Waals surface area contributed by atoms with E-state index in [1.807, 2.05) is 19.2 Å². The summed E-state index contributed by atoms with van der Waals surface area (Å²) >= 11 is 0. The summed E-state index contributed by atoms with van der Waals surface area (Å²) in [5.41, 5.74) is 1.96. The standard InChI is InChI=1S/C16H26N2O2/c1-12(2)15-8-13(11-19)9-16(17-15)18(3)10-14-6-4-5-7-20-14/h8-9,12,14,19H,4-7,10-11H2,1-3H3. The van der Waals surface area contributed by atoms with Gasteiger partial charge in [-0.3, -0.25) is 0 Å². The first-order valence-corrected chi connectivity index (χ1v) is 7.54. The van der Waals surface area contributed by atoms with Crippen molar-refractivity contribution in [3.05, 3.63) is 23.4 Å². The fourth-order valence-electron chi connectivity index (χ4n) is 2.53. The van der Waals surface area contributed by atoms with Gasteiger partial charge in [-0.05, 0) is 42.9 Å². The van der Waals surface area contributed by atoms with E-state index >= 15 is 0 Å². The van der Waals surface area contributed by atoms with Crippen LogP contribution in [-0.4, -0.2) is 36.4 Å². The number of nitrogens with zero attached hydrogens (tertiary/aromatic N) is 2. The van der Waals surface area contributed by atoms with Crippen LogP contribution >= 0.6 is 0 Å². The van der Waals surface area contributed by atoms with E-state index in [4.69, 9.17) is 9.72 Å². The van der Waals surface area contributed by atoms with Crippen molar-refractivity contribution in [1.82, 2.24) is 4.98 Å². The minimum absolute atomic E-state index is 0.0585. The molecule has 1 N–H and O–H groups in total. The van der Waals surface area contributed by atoms with E-state index in [1.165, 1.54) is 12.8 Å². The van der Waals surface area contributed by atoms with Crippen molar-refractivity contribution in [2.45, 2.75) is 51.7 Å². The first kappa shape index (κ1) is 15.3. The van der Waals surface area contributed by atoms with Gasteiger partial charge in [0.2, 0.25) is 0 Å². The zero-order valence-electron chi connectivity index (χ0n) is 12.8. The Labute approximate surface area is 121 Å². The molecule has 1 aliphatic rings. The molecule has 4 heteroatoms. The first-order chi connectivity index (χ1) is 9.60. The normalized spacial score (nSPS) is 19.4. The lowest BCUT2D eigenvalue weighted by molar-refractivity contribution is 0.0215. The smallest absolute Gasteiger partial charge is 0.129 e. The van der Waals surface area contributed by atoms with E-state index < -0.39 is 0 Å². The number of aliphatic hydroxyl groups excluding tert-OH is 1. The Kier molecular flexibility index (Phi) is 5.38. The third kappa shape index (κ3) is 3.93. The lowest BCUT2D eigenvalue weighted by atomic mass is 10.1. The summed E-state index contributed by atoms with van der Waals surface area (Å²) in [7, 11) is 2.05. The van der Waals surface area contributed by atoms with E-state index in [2.05, 4.69) is 18.7 Å². The second kappa shape index (κ2) is 7.04. The fourth-order valence-corrected chi connectivity index (χ4v) is 2.53. The molecular weight excluding hydrogens is 252 g/mol. The summed E-state index contributed by atoms with van der Waals surface area (Å²) in [6.07, 6.45) is 3.85. The van der Waals surface area contributed by atoms with Crippen molar-refractivity contribution in [1.29, 1.82) is 0 Å². The lowest BCUT2D eigenvalue weighted by Gasteiger charge is -2.28. The molecule has 4 nitrogen and oxygen atoms in total. The maximum Gasteiger partial charge on any atom is 0.129 e. The molecule has 0 spiro atoms. The summed E-state index contributed by atoms with van der Waals surface area (Å²) in [6, 6.07) is 3.95. The zero-order chi connectivity index (χ0) is 14.5. The van der Waals surface area contributed by atoms with E-state index in [0.29, 0.717) is 12.0 Å². The van der Waals surface area contributed by atoms with Gasteiger partial charge in [0.25, 0.3) is 0 Å². The van der Waals surface area contributed by atoms with Gasteiger partial charge in [0.15, 0.2) is 0 Å². The molecule has 1 aliphatic heterocycles. The van der Waals surface area contributed by atoms with Gasteiger partial charge in [0, 0.05) is 25.9 Å². The van der Waals surface area contributed by atoms with E-state index in [1.54, 1.807) is 0 Å². The fraction of sp³-hybridized carbons (Fsp3) is 0.688. The molecule has 2 rings (SSSR count). The minimum atomic E-state index is 0.0585. The molecule has 1 fully saturated rings. The van der Waals surface area contributed by atoms with Gasteiger partial charge < -0.3 is 14.7 Å². The van der Waals surface area contributed by atoms with Crippen LogP contribution in [0.2, 0.25) is 0 Å². The Morgan fingerprint density at radius 3 is 2.80 bits per heavy atom. The molecular formula is C16H26N2O2. The molecule has 0 radical (unpaired) electrons. The van der Waals surface area contributed by atoms with Crippen LogP contribution in [0.4, 0.5) is 5.82 Å². The summed E-state index contributed by atoms with van der Waals surface area (Å²) in [4.78, 5) is 6.85. The van der Waals surface area contributed by atoms with Crippen LogP contribution in [0.15, 0.2) is 12.1 Å². The quantitative estimate of drug-likeness (QED) is 0.899. The number of anilines is 1. The van der Waals surface area contributed by atoms with Crippen molar-refractivity contribution in [2.75, 3.05) is 25.1 Å². The van der Waals surface area contributed by atoms with Gasteiger partial charge in [0.05, 0.1) is 12.7 Å². The molecule has 20 heavy (non-hydrogen) atoms. The van der Waals surface area contributed by atoms with Crippen molar-refractivity contribution in [2.24, 2.45) is 0 Å². The molecule has 0 amide bonds. The SMILES string of the molecule is CC(C)c1cc(CO)cc(N(C)CC2CCCCO2)n1. The number of aromatic nitrogens is 1. The lowest BCUT2D eigenvalue weighted by Crippen LogP contribution is -2.34. The number of aliphatic hydroxyl groups is 1. The van der Waals surface area contributed by atoms with Crippen molar-refractivity contribution in [3.8, 4) is 0 Å². The van der Waals surface area contributed by atoms with Crippen LogP contribution < -0.4 is 4.90 Å². The highest BCUT2D eigenvalue weighted by atomic mass is 16.5. The third-order valence-electron chi connectivity index (χ3n) is 3.81. The highest BCUT2D eigenvalue weighted by Crippen LogP contribution is 2.21. The van der Waals surface area contributed by atoms with Crippen LogP contribution in [-0.2, 0) is 11.3 Å². The van der Waals surface area contributed by atoms with Crippen molar-refractivity contribution in [3.63, 3.8) is 0 Å². The highest BCUT2D eigenvalue weighted by molar-refractivity contribution is 5.42. The number of ether oxygens (including phenoxy) is 1. The molecule has 0 saturated carbocycles. The molecule has 2 heterocycles.